The molecule has 1 aliphatic rings. The van der Waals surface area contributed by atoms with Crippen LogP contribution in [0.15, 0.2) is 36.1 Å². The van der Waals surface area contributed by atoms with Gasteiger partial charge in [0.15, 0.2) is 0 Å². The predicted molar refractivity (Wildman–Crippen MR) is 90.7 cm³/mol. The topological polar surface area (TPSA) is 69.0 Å². The molecule has 0 spiro atoms. The third kappa shape index (κ3) is 3.29. The molecule has 124 valence electrons. The summed E-state index contributed by atoms with van der Waals surface area (Å²) in [7, 11) is 0. The largest absolute Gasteiger partial charge is 0.368 e. The molecule has 3 aromatic heterocycles. The Bertz CT molecular complexity index is 802. The zero-order chi connectivity index (χ0) is 16.4. The third-order valence-electron chi connectivity index (χ3n) is 3.93. The quantitative estimate of drug-likeness (QED) is 0.723. The maximum Gasteiger partial charge on any atom is 0.225 e. The molecule has 0 saturated heterocycles. The van der Waals surface area contributed by atoms with E-state index in [-0.39, 0.29) is 6.10 Å². The molecule has 4 heterocycles. The first-order valence-corrected chi connectivity index (χ1v) is 8.71. The van der Waals surface area contributed by atoms with Gasteiger partial charge in [0.25, 0.3) is 0 Å². The van der Waals surface area contributed by atoms with Crippen molar-refractivity contribution in [2.45, 2.75) is 32.7 Å². The predicted octanol–water partition coefficient (Wildman–Crippen LogP) is 2.04. The van der Waals surface area contributed by atoms with E-state index in [4.69, 9.17) is 4.74 Å². The maximum absolute atomic E-state index is 6.13. The Kier molecular flexibility index (Phi) is 4.22. The van der Waals surface area contributed by atoms with Crippen LogP contribution in [-0.2, 0) is 24.4 Å². The number of aryl methyl sites for hydroxylation is 1. The highest BCUT2D eigenvalue weighted by Crippen LogP contribution is 2.19. The van der Waals surface area contributed by atoms with Gasteiger partial charge < -0.3 is 9.64 Å². The molecule has 3 aromatic rings. The zero-order valence-electron chi connectivity index (χ0n) is 13.4. The normalized spacial score (nSPS) is 17.5. The molecule has 0 aliphatic carbocycles. The summed E-state index contributed by atoms with van der Waals surface area (Å²) in [6, 6.07) is 3.85. The lowest BCUT2D eigenvalue weighted by Gasteiger charge is -2.23. The SMILES string of the molecule is Cc1nc(COC2CN(c3ncccn3)Cc3ccnn3C2)cs1. The van der Waals surface area contributed by atoms with Gasteiger partial charge in [0.1, 0.15) is 0 Å². The summed E-state index contributed by atoms with van der Waals surface area (Å²) in [6.45, 7) is 4.67. The summed E-state index contributed by atoms with van der Waals surface area (Å²) in [5, 5.41) is 7.51. The lowest BCUT2D eigenvalue weighted by Crippen LogP contribution is -2.34. The molecule has 1 unspecified atom stereocenters. The van der Waals surface area contributed by atoms with E-state index in [0.717, 1.165) is 36.0 Å². The Labute approximate surface area is 144 Å². The maximum atomic E-state index is 6.13. The smallest absolute Gasteiger partial charge is 0.225 e. The summed E-state index contributed by atoms with van der Waals surface area (Å²) in [5.41, 5.74) is 2.11. The van der Waals surface area contributed by atoms with Crippen molar-refractivity contribution >= 4 is 17.3 Å². The van der Waals surface area contributed by atoms with Crippen molar-refractivity contribution in [3.8, 4) is 0 Å². The van der Waals surface area contributed by atoms with Crippen LogP contribution in [0, 0.1) is 6.92 Å². The number of rotatable bonds is 4. The van der Waals surface area contributed by atoms with E-state index in [1.165, 1.54) is 0 Å². The van der Waals surface area contributed by atoms with Crippen molar-refractivity contribution in [3.63, 3.8) is 0 Å². The summed E-state index contributed by atoms with van der Waals surface area (Å²) in [4.78, 5) is 15.4. The van der Waals surface area contributed by atoms with Crippen LogP contribution in [0.4, 0.5) is 5.95 Å². The van der Waals surface area contributed by atoms with Gasteiger partial charge in [-0.25, -0.2) is 15.0 Å². The van der Waals surface area contributed by atoms with Crippen LogP contribution in [0.2, 0.25) is 0 Å². The summed E-state index contributed by atoms with van der Waals surface area (Å²) < 4.78 is 8.13. The molecule has 0 saturated carbocycles. The fraction of sp³-hybridized carbons (Fsp3) is 0.375. The monoisotopic (exact) mass is 342 g/mol. The van der Waals surface area contributed by atoms with E-state index in [1.54, 1.807) is 23.7 Å². The molecule has 0 fully saturated rings. The average molecular weight is 342 g/mol. The Morgan fingerprint density at radius 2 is 2.12 bits per heavy atom. The molecule has 0 amide bonds. The van der Waals surface area contributed by atoms with Gasteiger partial charge in [0.05, 0.1) is 42.2 Å². The van der Waals surface area contributed by atoms with Gasteiger partial charge in [-0.2, -0.15) is 5.10 Å². The highest BCUT2D eigenvalue weighted by Gasteiger charge is 2.24. The van der Waals surface area contributed by atoms with Crippen LogP contribution in [-0.4, -0.2) is 37.4 Å². The number of nitrogens with zero attached hydrogens (tertiary/aromatic N) is 6. The number of hydrogen-bond acceptors (Lipinski definition) is 7. The Hall–Kier alpha value is -2.32. The Morgan fingerprint density at radius 3 is 2.92 bits per heavy atom. The molecule has 0 aromatic carbocycles. The van der Waals surface area contributed by atoms with Crippen molar-refractivity contribution < 1.29 is 4.74 Å². The molecule has 7 nitrogen and oxygen atoms in total. The minimum absolute atomic E-state index is 0.00281. The summed E-state index contributed by atoms with van der Waals surface area (Å²) >= 11 is 1.64. The van der Waals surface area contributed by atoms with Crippen LogP contribution in [0.25, 0.3) is 0 Å². The molecule has 0 N–H and O–H groups in total. The van der Waals surface area contributed by atoms with Gasteiger partial charge in [-0.15, -0.1) is 11.3 Å². The van der Waals surface area contributed by atoms with Crippen molar-refractivity contribution in [2.24, 2.45) is 0 Å². The summed E-state index contributed by atoms with van der Waals surface area (Å²) in [5.74, 6) is 0.713. The molecule has 8 heteroatoms. The standard InChI is InChI=1S/C16H18N6OS/c1-12-20-13(11-24-12)10-23-15-8-21(16-17-4-2-5-18-16)7-14-3-6-19-22(14)9-15/h2-6,11,15H,7-10H2,1H3. The molecule has 1 aliphatic heterocycles. The first kappa shape index (κ1) is 15.2. The molecule has 4 rings (SSSR count). The molecule has 1 atom stereocenters. The molecule has 0 bridgehead atoms. The molecule has 24 heavy (non-hydrogen) atoms. The van der Waals surface area contributed by atoms with Crippen LogP contribution in [0.5, 0.6) is 0 Å². The molecular formula is C16H18N6OS. The van der Waals surface area contributed by atoms with Gasteiger partial charge >= 0.3 is 0 Å². The van der Waals surface area contributed by atoms with Gasteiger partial charge in [0, 0.05) is 30.5 Å². The van der Waals surface area contributed by atoms with E-state index in [2.05, 4.69) is 25.0 Å². The van der Waals surface area contributed by atoms with Crippen molar-refractivity contribution in [1.82, 2.24) is 24.7 Å². The third-order valence-corrected chi connectivity index (χ3v) is 4.75. The van der Waals surface area contributed by atoms with E-state index >= 15 is 0 Å². The molecule has 0 radical (unpaired) electrons. The van der Waals surface area contributed by atoms with Gasteiger partial charge in [-0.05, 0) is 19.1 Å². The van der Waals surface area contributed by atoms with Crippen molar-refractivity contribution in [3.05, 3.63) is 52.5 Å². The second-order valence-electron chi connectivity index (χ2n) is 5.72. The van der Waals surface area contributed by atoms with Crippen LogP contribution in [0.1, 0.15) is 16.4 Å². The number of fused-ring (bicyclic) bond motifs is 1. The highest BCUT2D eigenvalue weighted by atomic mass is 32.1. The van der Waals surface area contributed by atoms with Gasteiger partial charge in [-0.1, -0.05) is 0 Å². The first-order valence-electron chi connectivity index (χ1n) is 7.83. The second-order valence-corrected chi connectivity index (χ2v) is 6.79. The van der Waals surface area contributed by atoms with Crippen LogP contribution >= 0.6 is 11.3 Å². The van der Waals surface area contributed by atoms with Crippen molar-refractivity contribution in [1.29, 1.82) is 0 Å². The minimum Gasteiger partial charge on any atom is -0.368 e. The Balaban J connectivity index is 1.53. The number of anilines is 1. The summed E-state index contributed by atoms with van der Waals surface area (Å²) in [6.07, 6.45) is 5.35. The number of thiazole rings is 1. The van der Waals surface area contributed by atoms with Gasteiger partial charge in [-0.3, -0.25) is 4.68 Å². The second kappa shape index (κ2) is 6.66. The van der Waals surface area contributed by atoms with E-state index in [9.17, 15) is 0 Å². The fourth-order valence-electron chi connectivity index (χ4n) is 2.81. The number of hydrogen-bond donors (Lipinski definition) is 0. The van der Waals surface area contributed by atoms with E-state index in [0.29, 0.717) is 12.6 Å². The lowest BCUT2D eigenvalue weighted by atomic mass is 10.3. The van der Waals surface area contributed by atoms with Crippen LogP contribution < -0.4 is 4.90 Å². The van der Waals surface area contributed by atoms with Gasteiger partial charge in [0.2, 0.25) is 5.95 Å². The van der Waals surface area contributed by atoms with E-state index < -0.39 is 0 Å². The lowest BCUT2D eigenvalue weighted by molar-refractivity contribution is 0.0323. The molecular weight excluding hydrogens is 324 g/mol. The Morgan fingerprint density at radius 1 is 1.25 bits per heavy atom. The highest BCUT2D eigenvalue weighted by molar-refractivity contribution is 7.09. The minimum atomic E-state index is -0.00281. The number of ether oxygens (including phenoxy) is 1. The fourth-order valence-corrected chi connectivity index (χ4v) is 3.40. The van der Waals surface area contributed by atoms with Crippen molar-refractivity contribution in [2.75, 3.05) is 11.4 Å². The number of aromatic nitrogens is 5. The first-order chi connectivity index (χ1) is 11.8. The average Bonchev–Trinajstić information content (AvgIpc) is 3.18. The van der Waals surface area contributed by atoms with Crippen LogP contribution in [0.3, 0.4) is 0 Å². The zero-order valence-corrected chi connectivity index (χ0v) is 14.2. The van der Waals surface area contributed by atoms with E-state index in [1.807, 2.05) is 35.3 Å².